The molecule has 0 bridgehead atoms. The van der Waals surface area contributed by atoms with Crippen LogP contribution in [0.15, 0.2) is 24.5 Å². The lowest BCUT2D eigenvalue weighted by atomic mass is 10.1. The number of carbonyl (C=O) groups excluding carboxylic acids is 1. The van der Waals surface area contributed by atoms with E-state index in [9.17, 15) is 4.79 Å². The van der Waals surface area contributed by atoms with Crippen molar-refractivity contribution in [3.8, 4) is 0 Å². The van der Waals surface area contributed by atoms with Crippen LogP contribution in [0.2, 0.25) is 0 Å². The van der Waals surface area contributed by atoms with Crippen molar-refractivity contribution in [1.82, 2.24) is 19.5 Å². The fourth-order valence-corrected chi connectivity index (χ4v) is 2.62. The fraction of sp³-hybridized carbons (Fsp3) is 0.438. The van der Waals surface area contributed by atoms with Gasteiger partial charge in [0.1, 0.15) is 17.4 Å². The molecule has 2 N–H and O–H groups in total. The summed E-state index contributed by atoms with van der Waals surface area (Å²) in [6, 6.07) is 3.75. The minimum Gasteiger partial charge on any atom is -0.443 e. The van der Waals surface area contributed by atoms with Crippen LogP contribution in [-0.2, 0) is 4.74 Å². The molecule has 1 aliphatic heterocycles. The van der Waals surface area contributed by atoms with Crippen molar-refractivity contribution in [2.75, 3.05) is 12.3 Å². The third kappa shape index (κ3) is 2.99. The van der Waals surface area contributed by atoms with Crippen LogP contribution in [0.1, 0.15) is 39.3 Å². The van der Waals surface area contributed by atoms with Crippen molar-refractivity contribution in [3.63, 3.8) is 0 Å². The Bertz CT molecular complexity index is 772. The highest BCUT2D eigenvalue weighted by molar-refractivity contribution is 5.83. The van der Waals surface area contributed by atoms with Crippen molar-refractivity contribution in [3.05, 3.63) is 30.2 Å². The van der Waals surface area contributed by atoms with Gasteiger partial charge in [-0.25, -0.2) is 14.3 Å². The standard InChI is InChI=1S/C16H21N5O2/c1-16(2,3)23-15(22)20-9-5-4-6-11(20)12-7-8-13-14(17)18-10-19-21(12)13/h6-8,10H,4-5,9H2,1-3H3,(H2,17,18,19). The zero-order valence-corrected chi connectivity index (χ0v) is 13.6. The summed E-state index contributed by atoms with van der Waals surface area (Å²) < 4.78 is 7.23. The second-order valence-electron chi connectivity index (χ2n) is 6.52. The summed E-state index contributed by atoms with van der Waals surface area (Å²) in [5, 5.41) is 4.25. The molecule has 7 heteroatoms. The van der Waals surface area contributed by atoms with Crippen LogP contribution in [-0.4, -0.2) is 37.7 Å². The number of amides is 1. The SMILES string of the molecule is CC(C)(C)OC(=O)N1CCCC=C1c1ccc2c(N)ncnn12. The second-order valence-corrected chi connectivity index (χ2v) is 6.52. The van der Waals surface area contributed by atoms with E-state index in [-0.39, 0.29) is 6.09 Å². The minimum atomic E-state index is -0.534. The molecule has 0 aromatic carbocycles. The van der Waals surface area contributed by atoms with Gasteiger partial charge in [-0.2, -0.15) is 5.10 Å². The molecule has 122 valence electrons. The van der Waals surface area contributed by atoms with Crippen LogP contribution in [0, 0.1) is 0 Å². The lowest BCUT2D eigenvalue weighted by Gasteiger charge is -2.31. The molecule has 3 heterocycles. The Hall–Kier alpha value is -2.57. The van der Waals surface area contributed by atoms with Crippen molar-refractivity contribution in [2.45, 2.75) is 39.2 Å². The molecule has 0 fully saturated rings. The maximum Gasteiger partial charge on any atom is 0.414 e. The normalized spacial score (nSPS) is 15.6. The number of carbonyl (C=O) groups is 1. The van der Waals surface area contributed by atoms with Crippen LogP contribution in [0.3, 0.4) is 0 Å². The first kappa shape index (κ1) is 15.3. The van der Waals surface area contributed by atoms with Crippen LogP contribution >= 0.6 is 0 Å². The number of nitrogen functional groups attached to an aromatic ring is 1. The highest BCUT2D eigenvalue weighted by Gasteiger charge is 2.28. The van der Waals surface area contributed by atoms with Crippen molar-refractivity contribution in [2.24, 2.45) is 0 Å². The van der Waals surface area contributed by atoms with Gasteiger partial charge in [-0.05, 0) is 45.7 Å². The number of ether oxygens (including phenoxy) is 1. The molecule has 2 aromatic heterocycles. The predicted octanol–water partition coefficient (Wildman–Crippen LogP) is 2.68. The molecule has 7 nitrogen and oxygen atoms in total. The molecule has 0 atom stereocenters. The Balaban J connectivity index is 2.00. The molecular formula is C16H21N5O2. The molecule has 3 rings (SSSR count). The third-order valence-corrected chi connectivity index (χ3v) is 3.57. The quantitative estimate of drug-likeness (QED) is 0.874. The van der Waals surface area contributed by atoms with Crippen LogP contribution in [0.25, 0.3) is 11.2 Å². The first-order chi connectivity index (χ1) is 10.9. The summed E-state index contributed by atoms with van der Waals surface area (Å²) in [4.78, 5) is 18.2. The number of nitrogens with two attached hydrogens (primary N) is 1. The van der Waals surface area contributed by atoms with Crippen LogP contribution < -0.4 is 5.73 Å². The zero-order valence-electron chi connectivity index (χ0n) is 13.6. The number of rotatable bonds is 1. The van der Waals surface area contributed by atoms with E-state index in [0.717, 1.165) is 29.7 Å². The van der Waals surface area contributed by atoms with Gasteiger partial charge in [0, 0.05) is 6.54 Å². The number of anilines is 1. The van der Waals surface area contributed by atoms with Gasteiger partial charge in [0.2, 0.25) is 0 Å². The fourth-order valence-electron chi connectivity index (χ4n) is 2.62. The molecule has 0 aliphatic carbocycles. The maximum atomic E-state index is 12.5. The number of hydrogen-bond donors (Lipinski definition) is 1. The summed E-state index contributed by atoms with van der Waals surface area (Å²) in [6.07, 6.45) is 4.91. The van der Waals surface area contributed by atoms with Gasteiger partial charge < -0.3 is 10.5 Å². The number of nitrogens with zero attached hydrogens (tertiary/aromatic N) is 4. The Labute approximate surface area is 134 Å². The Morgan fingerprint density at radius 1 is 1.35 bits per heavy atom. The molecule has 23 heavy (non-hydrogen) atoms. The first-order valence-corrected chi connectivity index (χ1v) is 7.66. The summed E-state index contributed by atoms with van der Waals surface area (Å²) in [5.41, 5.74) is 7.67. The molecular weight excluding hydrogens is 294 g/mol. The number of hydrogen-bond acceptors (Lipinski definition) is 5. The first-order valence-electron chi connectivity index (χ1n) is 7.66. The Morgan fingerprint density at radius 3 is 2.87 bits per heavy atom. The summed E-state index contributed by atoms with van der Waals surface area (Å²) in [5.74, 6) is 0.409. The lowest BCUT2D eigenvalue weighted by molar-refractivity contribution is 0.0346. The van der Waals surface area contributed by atoms with E-state index in [1.165, 1.54) is 6.33 Å². The maximum absolute atomic E-state index is 12.5. The van der Waals surface area contributed by atoms with Gasteiger partial charge in [-0.15, -0.1) is 0 Å². The number of fused-ring (bicyclic) bond motifs is 1. The van der Waals surface area contributed by atoms with Gasteiger partial charge in [-0.3, -0.25) is 4.90 Å². The Morgan fingerprint density at radius 2 is 2.13 bits per heavy atom. The third-order valence-electron chi connectivity index (χ3n) is 3.57. The minimum absolute atomic E-state index is 0.347. The van der Waals surface area contributed by atoms with E-state index >= 15 is 0 Å². The zero-order chi connectivity index (χ0) is 16.6. The summed E-state index contributed by atoms with van der Waals surface area (Å²) in [6.45, 7) is 6.20. The van der Waals surface area contributed by atoms with E-state index in [2.05, 4.69) is 10.1 Å². The smallest absolute Gasteiger partial charge is 0.414 e. The molecule has 0 unspecified atom stereocenters. The van der Waals surface area contributed by atoms with Gasteiger partial charge in [-0.1, -0.05) is 6.08 Å². The summed E-state index contributed by atoms with van der Waals surface area (Å²) >= 11 is 0. The van der Waals surface area contributed by atoms with E-state index in [4.69, 9.17) is 10.5 Å². The van der Waals surface area contributed by atoms with E-state index in [1.54, 1.807) is 9.42 Å². The average molecular weight is 315 g/mol. The average Bonchev–Trinajstić information content (AvgIpc) is 2.91. The monoisotopic (exact) mass is 315 g/mol. The predicted molar refractivity (Wildman–Crippen MR) is 87.6 cm³/mol. The molecule has 2 aromatic rings. The molecule has 0 radical (unpaired) electrons. The molecule has 0 spiro atoms. The highest BCUT2D eigenvalue weighted by atomic mass is 16.6. The second kappa shape index (κ2) is 5.57. The highest BCUT2D eigenvalue weighted by Crippen LogP contribution is 2.28. The number of aromatic nitrogens is 3. The van der Waals surface area contributed by atoms with E-state index in [1.807, 2.05) is 39.0 Å². The molecule has 1 aliphatic rings. The van der Waals surface area contributed by atoms with E-state index in [0.29, 0.717) is 12.4 Å². The topological polar surface area (TPSA) is 85.8 Å². The molecule has 0 saturated heterocycles. The van der Waals surface area contributed by atoms with Gasteiger partial charge in [0.25, 0.3) is 0 Å². The van der Waals surface area contributed by atoms with Gasteiger partial charge in [0.05, 0.1) is 11.4 Å². The van der Waals surface area contributed by atoms with Crippen LogP contribution in [0.4, 0.5) is 10.6 Å². The van der Waals surface area contributed by atoms with Gasteiger partial charge in [0.15, 0.2) is 5.82 Å². The molecule has 0 saturated carbocycles. The van der Waals surface area contributed by atoms with E-state index < -0.39 is 5.60 Å². The summed E-state index contributed by atoms with van der Waals surface area (Å²) in [7, 11) is 0. The largest absolute Gasteiger partial charge is 0.443 e. The van der Waals surface area contributed by atoms with Crippen LogP contribution in [0.5, 0.6) is 0 Å². The lowest BCUT2D eigenvalue weighted by Crippen LogP contribution is -2.37. The van der Waals surface area contributed by atoms with Crippen molar-refractivity contribution < 1.29 is 9.53 Å². The molecule has 1 amide bonds. The van der Waals surface area contributed by atoms with Gasteiger partial charge >= 0.3 is 6.09 Å². The Kier molecular flexibility index (Phi) is 3.71. The van der Waals surface area contributed by atoms with Crippen molar-refractivity contribution in [1.29, 1.82) is 0 Å². The number of allylic oxidation sites excluding steroid dienone is 1. The van der Waals surface area contributed by atoms with Crippen molar-refractivity contribution >= 4 is 23.1 Å².